The molecule has 0 saturated carbocycles. The lowest BCUT2D eigenvalue weighted by molar-refractivity contribution is -0.130. The Labute approximate surface area is 149 Å². The molecule has 0 unspecified atom stereocenters. The molecule has 0 spiro atoms. The Morgan fingerprint density at radius 2 is 2.08 bits per heavy atom. The van der Waals surface area contributed by atoms with Gasteiger partial charge < -0.3 is 24.4 Å². The Morgan fingerprint density at radius 1 is 1.28 bits per heavy atom. The predicted octanol–water partition coefficient (Wildman–Crippen LogP) is 2.44. The molecule has 0 aliphatic carbocycles. The molecule has 6 heteroatoms. The van der Waals surface area contributed by atoms with E-state index in [0.29, 0.717) is 19.8 Å². The number of hydrogen-bond donors (Lipinski definition) is 1. The van der Waals surface area contributed by atoms with Crippen molar-refractivity contribution in [2.75, 3.05) is 49.7 Å². The number of morpholine rings is 1. The number of carbonyl (C=O) groups is 1. The summed E-state index contributed by atoms with van der Waals surface area (Å²) in [6.45, 7) is 6.14. The van der Waals surface area contributed by atoms with Gasteiger partial charge >= 0.3 is 0 Å². The zero-order chi connectivity index (χ0) is 17.5. The lowest BCUT2D eigenvalue weighted by Gasteiger charge is -2.30. The lowest BCUT2D eigenvalue weighted by atomic mass is 10.1. The first-order chi connectivity index (χ1) is 12.2. The fourth-order valence-electron chi connectivity index (χ4n) is 3.16. The van der Waals surface area contributed by atoms with Crippen LogP contribution < -0.4 is 10.2 Å². The molecule has 25 heavy (non-hydrogen) atoms. The molecule has 3 rings (SSSR count). The quantitative estimate of drug-likeness (QED) is 0.856. The standard InChI is InChI=1S/C19H28N2O4/c1-15(25-14-16-6-4-5-11-24-16)19(22)20-17-7-2-3-8-18(17)21-9-12-23-13-10-21/h2-3,7-8,15-16H,4-6,9-14H2,1H3,(H,20,22)/t15-,16+/m0/s1. The number of nitrogens with one attached hydrogen (secondary N) is 1. The number of benzene rings is 1. The first-order valence-electron chi connectivity index (χ1n) is 9.20. The number of anilines is 2. The summed E-state index contributed by atoms with van der Waals surface area (Å²) in [4.78, 5) is 14.7. The molecule has 1 N–H and O–H groups in total. The van der Waals surface area contributed by atoms with Gasteiger partial charge in [0.1, 0.15) is 6.10 Å². The third-order valence-electron chi connectivity index (χ3n) is 4.69. The Morgan fingerprint density at radius 3 is 2.84 bits per heavy atom. The average molecular weight is 348 g/mol. The molecule has 2 heterocycles. The summed E-state index contributed by atoms with van der Waals surface area (Å²) in [6.07, 6.45) is 2.90. The maximum absolute atomic E-state index is 12.5. The van der Waals surface area contributed by atoms with E-state index in [2.05, 4.69) is 10.2 Å². The van der Waals surface area contributed by atoms with E-state index >= 15 is 0 Å². The number of para-hydroxylation sites is 2. The maximum Gasteiger partial charge on any atom is 0.253 e. The normalized spacial score (nSPS) is 22.4. The van der Waals surface area contributed by atoms with Crippen LogP contribution in [0.2, 0.25) is 0 Å². The Bertz CT molecular complexity index is 554. The molecule has 0 radical (unpaired) electrons. The van der Waals surface area contributed by atoms with Crippen LogP contribution in [0.5, 0.6) is 0 Å². The van der Waals surface area contributed by atoms with E-state index in [1.165, 1.54) is 6.42 Å². The van der Waals surface area contributed by atoms with E-state index in [-0.39, 0.29) is 12.0 Å². The second-order valence-corrected chi connectivity index (χ2v) is 6.57. The van der Waals surface area contributed by atoms with E-state index in [1.807, 2.05) is 24.3 Å². The van der Waals surface area contributed by atoms with Crippen molar-refractivity contribution in [3.63, 3.8) is 0 Å². The van der Waals surface area contributed by atoms with Crippen molar-refractivity contribution in [2.24, 2.45) is 0 Å². The number of hydrogen-bond acceptors (Lipinski definition) is 5. The minimum atomic E-state index is -0.511. The van der Waals surface area contributed by atoms with E-state index in [9.17, 15) is 4.79 Å². The zero-order valence-electron chi connectivity index (χ0n) is 14.9. The van der Waals surface area contributed by atoms with Crippen LogP contribution in [0.4, 0.5) is 11.4 Å². The molecule has 2 aliphatic heterocycles. The molecular formula is C19H28N2O4. The minimum absolute atomic E-state index is 0.115. The number of rotatable bonds is 6. The average Bonchev–Trinajstić information content (AvgIpc) is 2.68. The lowest BCUT2D eigenvalue weighted by Crippen LogP contribution is -2.37. The largest absolute Gasteiger partial charge is 0.378 e. The number of carbonyl (C=O) groups excluding carboxylic acids is 1. The summed E-state index contributed by atoms with van der Waals surface area (Å²) in [5.41, 5.74) is 1.85. The summed E-state index contributed by atoms with van der Waals surface area (Å²) in [5.74, 6) is -0.128. The predicted molar refractivity (Wildman–Crippen MR) is 97.1 cm³/mol. The van der Waals surface area contributed by atoms with Gasteiger partial charge in [0.25, 0.3) is 5.91 Å². The van der Waals surface area contributed by atoms with Gasteiger partial charge in [0.15, 0.2) is 0 Å². The minimum Gasteiger partial charge on any atom is -0.378 e. The van der Waals surface area contributed by atoms with Gasteiger partial charge in [-0.15, -0.1) is 0 Å². The molecule has 0 bridgehead atoms. The highest BCUT2D eigenvalue weighted by Crippen LogP contribution is 2.26. The van der Waals surface area contributed by atoms with Gasteiger partial charge in [0.2, 0.25) is 0 Å². The van der Waals surface area contributed by atoms with Gasteiger partial charge in [0.05, 0.1) is 37.3 Å². The first kappa shape index (κ1) is 18.2. The zero-order valence-corrected chi connectivity index (χ0v) is 14.9. The van der Waals surface area contributed by atoms with E-state index in [0.717, 1.165) is 43.9 Å². The number of ether oxygens (including phenoxy) is 3. The summed E-state index contributed by atoms with van der Waals surface area (Å²) >= 11 is 0. The first-order valence-corrected chi connectivity index (χ1v) is 9.20. The van der Waals surface area contributed by atoms with E-state index in [4.69, 9.17) is 14.2 Å². The van der Waals surface area contributed by atoms with Crippen LogP contribution in [0.25, 0.3) is 0 Å². The summed E-state index contributed by atoms with van der Waals surface area (Å²) < 4.78 is 16.8. The van der Waals surface area contributed by atoms with Gasteiger partial charge in [0, 0.05) is 19.7 Å². The van der Waals surface area contributed by atoms with Gasteiger partial charge in [-0.05, 0) is 38.3 Å². The van der Waals surface area contributed by atoms with Crippen LogP contribution in [0.15, 0.2) is 24.3 Å². The molecule has 2 fully saturated rings. The van der Waals surface area contributed by atoms with Crippen molar-refractivity contribution >= 4 is 17.3 Å². The monoisotopic (exact) mass is 348 g/mol. The van der Waals surface area contributed by atoms with Crippen LogP contribution in [0.3, 0.4) is 0 Å². The van der Waals surface area contributed by atoms with Gasteiger partial charge in [-0.25, -0.2) is 0 Å². The Kier molecular flexibility index (Phi) is 6.67. The third-order valence-corrected chi connectivity index (χ3v) is 4.69. The van der Waals surface area contributed by atoms with Crippen LogP contribution in [0.1, 0.15) is 26.2 Å². The molecule has 1 aromatic carbocycles. The van der Waals surface area contributed by atoms with Crippen LogP contribution in [-0.4, -0.2) is 57.6 Å². The summed E-state index contributed by atoms with van der Waals surface area (Å²) in [7, 11) is 0. The van der Waals surface area contributed by atoms with Crippen molar-refractivity contribution in [3.8, 4) is 0 Å². The SMILES string of the molecule is C[C@H](OC[C@H]1CCCCO1)C(=O)Nc1ccccc1N1CCOCC1. The summed E-state index contributed by atoms with van der Waals surface area (Å²) in [6, 6.07) is 7.88. The van der Waals surface area contributed by atoms with Crippen molar-refractivity contribution in [1.82, 2.24) is 0 Å². The number of amides is 1. The van der Waals surface area contributed by atoms with Crippen LogP contribution in [0, 0.1) is 0 Å². The highest BCUT2D eigenvalue weighted by Gasteiger charge is 2.21. The fraction of sp³-hybridized carbons (Fsp3) is 0.632. The van der Waals surface area contributed by atoms with E-state index in [1.54, 1.807) is 6.92 Å². The topological polar surface area (TPSA) is 60.0 Å². The maximum atomic E-state index is 12.5. The third kappa shape index (κ3) is 5.17. The Balaban J connectivity index is 1.54. The molecular weight excluding hydrogens is 320 g/mol. The van der Waals surface area contributed by atoms with Crippen molar-refractivity contribution < 1.29 is 19.0 Å². The smallest absolute Gasteiger partial charge is 0.253 e. The number of nitrogens with zero attached hydrogens (tertiary/aromatic N) is 1. The molecule has 1 aromatic rings. The molecule has 1 amide bonds. The molecule has 0 aromatic heterocycles. The molecule has 2 atom stereocenters. The summed E-state index contributed by atoms with van der Waals surface area (Å²) in [5, 5.41) is 3.01. The second kappa shape index (κ2) is 9.17. The fourth-order valence-corrected chi connectivity index (χ4v) is 3.16. The highest BCUT2D eigenvalue weighted by atomic mass is 16.5. The molecule has 6 nitrogen and oxygen atoms in total. The van der Waals surface area contributed by atoms with Crippen LogP contribution >= 0.6 is 0 Å². The molecule has 2 aliphatic rings. The highest BCUT2D eigenvalue weighted by molar-refractivity contribution is 5.97. The van der Waals surface area contributed by atoms with Gasteiger partial charge in [-0.3, -0.25) is 4.79 Å². The second-order valence-electron chi connectivity index (χ2n) is 6.57. The van der Waals surface area contributed by atoms with E-state index < -0.39 is 6.10 Å². The molecule has 138 valence electrons. The Hall–Kier alpha value is -1.63. The van der Waals surface area contributed by atoms with Crippen molar-refractivity contribution in [2.45, 2.75) is 38.4 Å². The van der Waals surface area contributed by atoms with Crippen molar-refractivity contribution in [3.05, 3.63) is 24.3 Å². The van der Waals surface area contributed by atoms with Crippen molar-refractivity contribution in [1.29, 1.82) is 0 Å². The van der Waals surface area contributed by atoms with Crippen LogP contribution in [-0.2, 0) is 19.0 Å². The molecule has 2 saturated heterocycles. The van der Waals surface area contributed by atoms with Gasteiger partial charge in [-0.1, -0.05) is 12.1 Å². The van der Waals surface area contributed by atoms with Gasteiger partial charge in [-0.2, -0.15) is 0 Å².